The van der Waals surface area contributed by atoms with E-state index in [0.29, 0.717) is 37.3 Å². The number of fused-ring (bicyclic) bond motifs is 1. The highest BCUT2D eigenvalue weighted by atomic mass is 16.5. The molecule has 43 heavy (non-hydrogen) atoms. The number of carbonyl (C=O) groups is 3. The van der Waals surface area contributed by atoms with Gasteiger partial charge in [0, 0.05) is 35.6 Å². The van der Waals surface area contributed by atoms with Crippen molar-refractivity contribution in [3.63, 3.8) is 0 Å². The lowest BCUT2D eigenvalue weighted by Gasteiger charge is -2.10. The first-order valence-corrected chi connectivity index (χ1v) is 14.4. The fourth-order valence-electron chi connectivity index (χ4n) is 4.96. The number of nitrogens with zero attached hydrogens (tertiary/aromatic N) is 1. The van der Waals surface area contributed by atoms with Gasteiger partial charge in [-0.2, -0.15) is 0 Å². The summed E-state index contributed by atoms with van der Waals surface area (Å²) in [5.74, 6) is -0.159. The van der Waals surface area contributed by atoms with Gasteiger partial charge in [-0.25, -0.2) is 0 Å². The Bertz CT molecular complexity index is 1620. The molecule has 8 nitrogen and oxygen atoms in total. The first-order valence-electron chi connectivity index (χ1n) is 14.4. The number of hydrogen-bond donors (Lipinski definition) is 2. The van der Waals surface area contributed by atoms with Crippen LogP contribution in [0.5, 0.6) is 11.5 Å². The van der Waals surface area contributed by atoms with E-state index < -0.39 is 11.9 Å². The third kappa shape index (κ3) is 8.82. The zero-order valence-electron chi connectivity index (χ0n) is 24.5. The summed E-state index contributed by atoms with van der Waals surface area (Å²) >= 11 is 0. The van der Waals surface area contributed by atoms with Crippen LogP contribution in [0.2, 0.25) is 0 Å². The molecule has 0 amide bonds. The van der Waals surface area contributed by atoms with Gasteiger partial charge in [0.05, 0.1) is 19.6 Å². The minimum Gasteiger partial charge on any atom is -0.494 e. The van der Waals surface area contributed by atoms with Crippen LogP contribution in [-0.2, 0) is 22.6 Å². The van der Waals surface area contributed by atoms with Gasteiger partial charge in [-0.15, -0.1) is 0 Å². The summed E-state index contributed by atoms with van der Waals surface area (Å²) in [7, 11) is 0. The van der Waals surface area contributed by atoms with Crippen molar-refractivity contribution in [2.45, 2.75) is 52.5 Å². The standard InChI is InChI=1S/C35H37NO7/c1-24-21-28(25(2)37)14-17-32(24)43-20-4-3-19-42-30-15-11-26(12-16-30)10-13-27-7-5-8-31-35(27)29(22-34(40)41)23-36(31)18-6-9-33(38)39/h5,7-8,10-17,21,23H,3-4,6,9,18-20,22H2,1-2H3,(H,38,39)(H,40,41). The van der Waals surface area contributed by atoms with E-state index >= 15 is 0 Å². The Morgan fingerprint density at radius 1 is 0.860 bits per heavy atom. The third-order valence-electron chi connectivity index (χ3n) is 7.13. The summed E-state index contributed by atoms with van der Waals surface area (Å²) in [5.41, 5.74) is 5.10. The molecule has 4 aromatic rings. The van der Waals surface area contributed by atoms with Crippen LogP contribution >= 0.6 is 0 Å². The Morgan fingerprint density at radius 3 is 2.28 bits per heavy atom. The van der Waals surface area contributed by atoms with E-state index in [4.69, 9.17) is 14.6 Å². The molecule has 8 heteroatoms. The second kappa shape index (κ2) is 14.9. The summed E-state index contributed by atoms with van der Waals surface area (Å²) in [5, 5.41) is 19.3. The van der Waals surface area contributed by atoms with Crippen molar-refractivity contribution in [2.75, 3.05) is 13.2 Å². The second-order valence-corrected chi connectivity index (χ2v) is 10.5. The van der Waals surface area contributed by atoms with Gasteiger partial charge in [0.2, 0.25) is 0 Å². The van der Waals surface area contributed by atoms with Crippen LogP contribution in [0, 0.1) is 6.92 Å². The molecule has 1 aromatic heterocycles. The number of Topliss-reactive ketones (excluding diaryl/α,β-unsaturated/α-hetero) is 1. The second-order valence-electron chi connectivity index (χ2n) is 10.5. The molecular weight excluding hydrogens is 546 g/mol. The van der Waals surface area contributed by atoms with Gasteiger partial charge in [-0.05, 0) is 91.8 Å². The molecule has 0 unspecified atom stereocenters. The highest BCUT2D eigenvalue weighted by Gasteiger charge is 2.14. The number of ketones is 1. The number of unbranched alkanes of at least 4 members (excludes halogenated alkanes) is 1. The maximum atomic E-state index is 11.5. The molecule has 4 rings (SSSR count). The number of benzene rings is 3. The van der Waals surface area contributed by atoms with Gasteiger partial charge in [-0.1, -0.05) is 36.4 Å². The first-order chi connectivity index (χ1) is 20.7. The molecule has 0 aliphatic heterocycles. The Kier molecular flexibility index (Phi) is 10.7. The van der Waals surface area contributed by atoms with Gasteiger partial charge in [0.1, 0.15) is 11.5 Å². The fraction of sp³-hybridized carbons (Fsp3) is 0.286. The highest BCUT2D eigenvalue weighted by molar-refractivity contribution is 5.96. The molecule has 224 valence electrons. The van der Waals surface area contributed by atoms with Crippen LogP contribution in [0.15, 0.2) is 66.9 Å². The number of aliphatic carboxylic acids is 2. The monoisotopic (exact) mass is 583 g/mol. The van der Waals surface area contributed by atoms with Crippen molar-refractivity contribution in [1.29, 1.82) is 0 Å². The van der Waals surface area contributed by atoms with E-state index in [1.54, 1.807) is 13.0 Å². The van der Waals surface area contributed by atoms with Crippen LogP contribution in [0.4, 0.5) is 0 Å². The van der Waals surface area contributed by atoms with E-state index in [-0.39, 0.29) is 18.6 Å². The lowest BCUT2D eigenvalue weighted by molar-refractivity contribution is -0.137. The van der Waals surface area contributed by atoms with Gasteiger partial charge >= 0.3 is 11.9 Å². The maximum absolute atomic E-state index is 11.5. The summed E-state index contributed by atoms with van der Waals surface area (Å²) in [6.07, 6.45) is 7.86. The SMILES string of the molecule is CC(=O)c1ccc(OCCCCOc2ccc(C=Cc3cccc4c3c(CC(=O)O)cn4CCCC(=O)O)cc2)c(C)c1. The number of ether oxygens (including phenoxy) is 2. The van der Waals surface area contributed by atoms with Crippen molar-refractivity contribution in [2.24, 2.45) is 0 Å². The predicted molar refractivity (Wildman–Crippen MR) is 167 cm³/mol. The summed E-state index contributed by atoms with van der Waals surface area (Å²) in [6, 6.07) is 19.1. The molecule has 0 aliphatic carbocycles. The zero-order valence-corrected chi connectivity index (χ0v) is 24.5. The van der Waals surface area contributed by atoms with E-state index in [9.17, 15) is 19.5 Å². The molecule has 0 saturated heterocycles. The minimum atomic E-state index is -0.915. The molecule has 0 radical (unpaired) electrons. The maximum Gasteiger partial charge on any atom is 0.307 e. The largest absolute Gasteiger partial charge is 0.494 e. The summed E-state index contributed by atoms with van der Waals surface area (Å²) < 4.78 is 13.7. The number of hydrogen-bond acceptors (Lipinski definition) is 5. The molecule has 3 aromatic carbocycles. The van der Waals surface area contributed by atoms with E-state index in [1.807, 2.05) is 84.4 Å². The van der Waals surface area contributed by atoms with Gasteiger partial charge < -0.3 is 24.3 Å². The van der Waals surface area contributed by atoms with Crippen LogP contribution < -0.4 is 9.47 Å². The van der Waals surface area contributed by atoms with Crippen molar-refractivity contribution in [3.05, 3.63) is 94.7 Å². The lowest BCUT2D eigenvalue weighted by atomic mass is 10.0. The Balaban J connectivity index is 1.31. The molecule has 1 heterocycles. The number of rotatable bonds is 16. The number of carboxylic acids is 2. The highest BCUT2D eigenvalue weighted by Crippen LogP contribution is 2.28. The van der Waals surface area contributed by atoms with Gasteiger partial charge in [0.15, 0.2) is 5.78 Å². The normalized spacial score (nSPS) is 11.2. The average molecular weight is 584 g/mol. The number of carbonyl (C=O) groups excluding carboxylic acids is 1. The van der Waals surface area contributed by atoms with E-state index in [1.165, 1.54) is 0 Å². The molecule has 0 fully saturated rings. The molecule has 0 bridgehead atoms. The van der Waals surface area contributed by atoms with Gasteiger partial charge in [0.25, 0.3) is 0 Å². The van der Waals surface area contributed by atoms with Crippen molar-refractivity contribution >= 4 is 40.8 Å². The predicted octanol–water partition coefficient (Wildman–Crippen LogP) is 7.05. The van der Waals surface area contributed by atoms with Crippen LogP contribution in [-0.4, -0.2) is 45.7 Å². The quantitative estimate of drug-likeness (QED) is 0.0825. The Labute approximate surface area is 251 Å². The Morgan fingerprint density at radius 2 is 1.60 bits per heavy atom. The topological polar surface area (TPSA) is 115 Å². The number of aromatic nitrogens is 1. The van der Waals surface area contributed by atoms with E-state index in [2.05, 4.69) is 0 Å². The zero-order chi connectivity index (χ0) is 30.8. The van der Waals surface area contributed by atoms with Crippen LogP contribution in [0.1, 0.15) is 65.2 Å². The van der Waals surface area contributed by atoms with Crippen molar-refractivity contribution < 1.29 is 34.1 Å². The lowest BCUT2D eigenvalue weighted by Crippen LogP contribution is -2.04. The van der Waals surface area contributed by atoms with Crippen molar-refractivity contribution in [1.82, 2.24) is 4.57 Å². The molecule has 2 N–H and O–H groups in total. The average Bonchev–Trinajstić information content (AvgIpc) is 3.31. The third-order valence-corrected chi connectivity index (χ3v) is 7.13. The van der Waals surface area contributed by atoms with Crippen LogP contribution in [0.3, 0.4) is 0 Å². The van der Waals surface area contributed by atoms with Gasteiger partial charge in [-0.3, -0.25) is 14.4 Å². The fourth-order valence-corrected chi connectivity index (χ4v) is 4.96. The number of aryl methyl sites for hydroxylation is 2. The first kappa shape index (κ1) is 31.1. The van der Waals surface area contributed by atoms with E-state index in [0.717, 1.165) is 51.9 Å². The molecule has 0 aliphatic rings. The number of carboxylic acid groups (broad SMARTS) is 2. The van der Waals surface area contributed by atoms with Crippen LogP contribution in [0.25, 0.3) is 23.1 Å². The summed E-state index contributed by atoms with van der Waals surface area (Å²) in [6.45, 7) is 5.13. The summed E-state index contributed by atoms with van der Waals surface area (Å²) in [4.78, 5) is 34.0. The Hall–Kier alpha value is -4.85. The smallest absolute Gasteiger partial charge is 0.307 e. The minimum absolute atomic E-state index is 0.0403. The molecular formula is C35H37NO7. The van der Waals surface area contributed by atoms with Crippen molar-refractivity contribution in [3.8, 4) is 11.5 Å². The molecule has 0 saturated carbocycles. The molecule has 0 atom stereocenters. The molecule has 0 spiro atoms.